The topological polar surface area (TPSA) is 63.2 Å². The zero-order valence-electron chi connectivity index (χ0n) is 11.7. The summed E-state index contributed by atoms with van der Waals surface area (Å²) in [4.78, 5) is 11.8. The van der Waals surface area contributed by atoms with Gasteiger partial charge in [0.15, 0.2) is 9.84 Å². The Hall–Kier alpha value is -1.33. The lowest BCUT2D eigenvalue weighted by Gasteiger charge is -2.21. The first-order chi connectivity index (χ1) is 9.05. The Bertz CT molecular complexity index is 613. The summed E-state index contributed by atoms with van der Waals surface area (Å²) in [6.07, 6.45) is 0. The summed E-state index contributed by atoms with van der Waals surface area (Å²) in [6, 6.07) is 6.33. The zero-order chi connectivity index (χ0) is 15.6. The average Bonchev–Trinajstić information content (AvgIpc) is 2.34. The lowest BCUT2D eigenvalue weighted by atomic mass is 10.2. The first kappa shape index (κ1) is 16.7. The Labute approximate surface area is 124 Å². The van der Waals surface area contributed by atoms with Crippen molar-refractivity contribution in [2.75, 3.05) is 6.54 Å². The molecule has 4 nitrogen and oxygen atoms in total. The van der Waals surface area contributed by atoms with Crippen LogP contribution in [0.2, 0.25) is 5.02 Å². The van der Waals surface area contributed by atoms with Crippen LogP contribution in [0, 0.1) is 0 Å². The van der Waals surface area contributed by atoms with E-state index in [4.69, 9.17) is 11.6 Å². The lowest BCUT2D eigenvalue weighted by Crippen LogP contribution is -2.34. The van der Waals surface area contributed by atoms with Gasteiger partial charge in [-0.15, -0.1) is 0 Å². The molecule has 1 aromatic carbocycles. The summed E-state index contributed by atoms with van der Waals surface area (Å²) in [7, 11) is -3.49. The van der Waals surface area contributed by atoms with E-state index in [1.165, 1.54) is 0 Å². The van der Waals surface area contributed by atoms with Gasteiger partial charge in [-0.05, 0) is 45.0 Å². The molecule has 1 aromatic rings. The average molecular weight is 316 g/mol. The predicted octanol–water partition coefficient (Wildman–Crippen LogP) is 2.80. The highest BCUT2D eigenvalue weighted by molar-refractivity contribution is 7.96. The third-order valence-electron chi connectivity index (χ3n) is 2.74. The second-order valence-electron chi connectivity index (χ2n) is 5.34. The minimum Gasteiger partial charge on any atom is -0.347 e. The molecule has 1 amide bonds. The summed E-state index contributed by atoms with van der Waals surface area (Å²) in [6.45, 7) is 8.21. The van der Waals surface area contributed by atoms with Gasteiger partial charge in [0.25, 0.3) is 5.91 Å². The molecule has 1 N–H and O–H groups in total. The van der Waals surface area contributed by atoms with E-state index in [1.54, 1.807) is 45.0 Å². The minimum absolute atomic E-state index is 0.00712. The van der Waals surface area contributed by atoms with Crippen molar-refractivity contribution in [1.29, 1.82) is 0 Å². The van der Waals surface area contributed by atoms with Crippen molar-refractivity contribution in [3.8, 4) is 0 Å². The first-order valence-corrected chi connectivity index (χ1v) is 7.88. The van der Waals surface area contributed by atoms with Gasteiger partial charge in [-0.25, -0.2) is 8.42 Å². The molecule has 0 heterocycles. The summed E-state index contributed by atoms with van der Waals surface area (Å²) in [5.41, 5.74) is 0.412. The Morgan fingerprint density at radius 3 is 2.20 bits per heavy atom. The molecular weight excluding hydrogens is 298 g/mol. The maximum absolute atomic E-state index is 12.1. The zero-order valence-corrected chi connectivity index (χ0v) is 13.3. The molecule has 0 aromatic heterocycles. The number of rotatable bonds is 4. The van der Waals surface area contributed by atoms with Crippen LogP contribution in [0.4, 0.5) is 0 Å². The molecule has 1 rings (SSSR count). The molecule has 0 radical (unpaired) electrons. The summed E-state index contributed by atoms with van der Waals surface area (Å²) in [5, 5.41) is 3.06. The highest BCUT2D eigenvalue weighted by Gasteiger charge is 2.31. The standard InChI is InChI=1S/C14H18ClNO3S/c1-10(20(18,19)14(2,3)4)9-16-13(17)11-5-7-12(15)8-6-11/h5-8H,1,9H2,2-4H3,(H,16,17). The van der Waals surface area contributed by atoms with Crippen LogP contribution in [-0.2, 0) is 9.84 Å². The molecule has 0 bridgehead atoms. The van der Waals surface area contributed by atoms with Crippen molar-refractivity contribution in [1.82, 2.24) is 5.32 Å². The fourth-order valence-corrected chi connectivity index (χ4v) is 2.66. The number of sulfone groups is 1. The molecule has 0 aliphatic carbocycles. The molecule has 110 valence electrons. The largest absolute Gasteiger partial charge is 0.347 e. The molecule has 20 heavy (non-hydrogen) atoms. The van der Waals surface area contributed by atoms with E-state index >= 15 is 0 Å². The summed E-state index contributed by atoms with van der Waals surface area (Å²) >= 11 is 5.73. The third kappa shape index (κ3) is 3.84. The van der Waals surface area contributed by atoms with Crippen molar-refractivity contribution >= 4 is 27.3 Å². The van der Waals surface area contributed by atoms with Crippen molar-refractivity contribution in [3.05, 3.63) is 46.3 Å². The van der Waals surface area contributed by atoms with Gasteiger partial charge in [0.1, 0.15) is 0 Å². The molecule has 0 saturated heterocycles. The van der Waals surface area contributed by atoms with E-state index in [0.29, 0.717) is 10.6 Å². The molecule has 0 spiro atoms. The Balaban J connectivity index is 2.71. The molecule has 0 atom stereocenters. The van der Waals surface area contributed by atoms with Gasteiger partial charge < -0.3 is 5.32 Å². The van der Waals surface area contributed by atoms with E-state index in [2.05, 4.69) is 11.9 Å². The van der Waals surface area contributed by atoms with Gasteiger partial charge in [0.05, 0.1) is 16.2 Å². The van der Waals surface area contributed by atoms with Gasteiger partial charge >= 0.3 is 0 Å². The monoisotopic (exact) mass is 315 g/mol. The number of nitrogens with one attached hydrogen (secondary N) is 1. The van der Waals surface area contributed by atoms with Crippen LogP contribution >= 0.6 is 11.6 Å². The molecule has 0 saturated carbocycles. The van der Waals surface area contributed by atoms with E-state index in [1.807, 2.05) is 0 Å². The van der Waals surface area contributed by atoms with Crippen LogP contribution in [0.15, 0.2) is 35.7 Å². The normalized spacial score (nSPS) is 12.0. The van der Waals surface area contributed by atoms with Gasteiger partial charge in [-0.1, -0.05) is 18.2 Å². The number of halogens is 1. The first-order valence-electron chi connectivity index (χ1n) is 6.02. The quantitative estimate of drug-likeness (QED) is 0.929. The highest BCUT2D eigenvalue weighted by Crippen LogP contribution is 2.21. The fourth-order valence-electron chi connectivity index (χ4n) is 1.41. The number of carbonyl (C=O) groups is 1. The molecular formula is C14H18ClNO3S. The van der Waals surface area contributed by atoms with Crippen LogP contribution in [0.3, 0.4) is 0 Å². The van der Waals surface area contributed by atoms with E-state index in [0.717, 1.165) is 0 Å². The van der Waals surface area contributed by atoms with E-state index in [-0.39, 0.29) is 17.4 Å². The highest BCUT2D eigenvalue weighted by atomic mass is 35.5. The molecule has 0 unspecified atom stereocenters. The van der Waals surface area contributed by atoms with Crippen LogP contribution in [-0.4, -0.2) is 25.6 Å². The lowest BCUT2D eigenvalue weighted by molar-refractivity contribution is 0.0957. The number of carbonyl (C=O) groups excluding carboxylic acids is 1. The SMILES string of the molecule is C=C(CNC(=O)c1ccc(Cl)cc1)S(=O)(=O)C(C)(C)C. The van der Waals surface area contributed by atoms with Crippen molar-refractivity contribution < 1.29 is 13.2 Å². The summed E-state index contributed by atoms with van der Waals surface area (Å²) < 4.78 is 23.2. The van der Waals surface area contributed by atoms with Crippen LogP contribution in [0.5, 0.6) is 0 Å². The molecule has 0 aliphatic rings. The van der Waals surface area contributed by atoms with Gasteiger partial charge in [-0.2, -0.15) is 0 Å². The Kier molecular flexibility index (Phi) is 5.00. The predicted molar refractivity (Wildman–Crippen MR) is 81.6 cm³/mol. The number of hydrogen-bond donors (Lipinski definition) is 1. The maximum atomic E-state index is 12.1. The van der Waals surface area contributed by atoms with Crippen molar-refractivity contribution in [3.63, 3.8) is 0 Å². The Morgan fingerprint density at radius 2 is 1.75 bits per heavy atom. The maximum Gasteiger partial charge on any atom is 0.251 e. The number of hydrogen-bond acceptors (Lipinski definition) is 3. The van der Waals surface area contributed by atoms with Gasteiger partial charge in [0, 0.05) is 10.6 Å². The Morgan fingerprint density at radius 1 is 1.25 bits per heavy atom. The minimum atomic E-state index is -3.49. The third-order valence-corrected chi connectivity index (χ3v) is 5.51. The van der Waals surface area contributed by atoms with Crippen LogP contribution in [0.1, 0.15) is 31.1 Å². The fraction of sp³-hybridized carbons (Fsp3) is 0.357. The molecule has 0 fully saturated rings. The van der Waals surface area contributed by atoms with Crippen LogP contribution < -0.4 is 5.32 Å². The van der Waals surface area contributed by atoms with Gasteiger partial charge in [-0.3, -0.25) is 4.79 Å². The number of benzene rings is 1. The van der Waals surface area contributed by atoms with E-state index in [9.17, 15) is 13.2 Å². The molecule has 6 heteroatoms. The van der Waals surface area contributed by atoms with Gasteiger partial charge in [0.2, 0.25) is 0 Å². The smallest absolute Gasteiger partial charge is 0.251 e. The second kappa shape index (κ2) is 5.97. The second-order valence-corrected chi connectivity index (χ2v) is 8.59. The molecule has 0 aliphatic heterocycles. The number of amides is 1. The van der Waals surface area contributed by atoms with Crippen LogP contribution in [0.25, 0.3) is 0 Å². The summed E-state index contributed by atoms with van der Waals surface area (Å²) in [5.74, 6) is -0.369. The van der Waals surface area contributed by atoms with Crippen molar-refractivity contribution in [2.45, 2.75) is 25.5 Å². The van der Waals surface area contributed by atoms with E-state index < -0.39 is 14.6 Å². The van der Waals surface area contributed by atoms with Crippen molar-refractivity contribution in [2.24, 2.45) is 0 Å².